The lowest BCUT2D eigenvalue weighted by Crippen LogP contribution is -2.41. The minimum Gasteiger partial charge on any atom is -0.496 e. The Morgan fingerprint density at radius 2 is 1.71 bits per heavy atom. The predicted octanol–water partition coefficient (Wildman–Crippen LogP) is 6.91. The second-order valence-electron chi connectivity index (χ2n) is 13.1. The van der Waals surface area contributed by atoms with Gasteiger partial charge >= 0.3 is 12.1 Å². The molecule has 266 valence electrons. The molecule has 49 heavy (non-hydrogen) atoms. The minimum absolute atomic E-state index is 0.0119. The van der Waals surface area contributed by atoms with Crippen LogP contribution in [-0.4, -0.2) is 53.2 Å². The first-order valence-corrected chi connectivity index (χ1v) is 16.1. The smallest absolute Gasteiger partial charge is 0.416 e. The fourth-order valence-corrected chi connectivity index (χ4v) is 6.39. The second-order valence-corrected chi connectivity index (χ2v) is 13.1. The van der Waals surface area contributed by atoms with Crippen molar-refractivity contribution in [2.24, 2.45) is 5.92 Å². The van der Waals surface area contributed by atoms with Gasteiger partial charge in [0.2, 0.25) is 5.91 Å². The quantitative estimate of drug-likeness (QED) is 0.189. The predicted molar refractivity (Wildman–Crippen MR) is 175 cm³/mol. The fourth-order valence-electron chi connectivity index (χ4n) is 6.39. The molecular weight excluding hydrogens is 649 g/mol. The summed E-state index contributed by atoms with van der Waals surface area (Å²) in [4.78, 5) is 41.2. The molecule has 1 aromatic heterocycles. The number of ether oxygens (including phenoxy) is 1. The number of nitrogens with zero attached hydrogens (tertiary/aromatic N) is 2. The van der Waals surface area contributed by atoms with Crippen molar-refractivity contribution in [2.45, 2.75) is 78.6 Å². The van der Waals surface area contributed by atoms with Crippen LogP contribution < -0.4 is 15.6 Å². The van der Waals surface area contributed by atoms with Crippen molar-refractivity contribution >= 4 is 11.9 Å². The van der Waals surface area contributed by atoms with E-state index in [1.165, 1.54) is 20.1 Å². The summed E-state index contributed by atoms with van der Waals surface area (Å²) in [5.41, 5.74) is -1.49. The van der Waals surface area contributed by atoms with Crippen molar-refractivity contribution in [3.8, 4) is 16.9 Å². The molecule has 1 unspecified atom stereocenters. The lowest BCUT2D eigenvalue weighted by molar-refractivity contribution is -0.139. The molecule has 1 aliphatic rings. The topological polar surface area (TPSA) is 101 Å². The average molecular weight is 692 g/mol. The van der Waals surface area contributed by atoms with Crippen molar-refractivity contribution < 1.29 is 41.4 Å². The Bertz CT molecular complexity index is 1780. The van der Waals surface area contributed by atoms with E-state index in [2.05, 4.69) is 5.32 Å². The summed E-state index contributed by atoms with van der Waals surface area (Å²) >= 11 is 0. The molecule has 3 aromatic rings. The normalized spacial score (nSPS) is 14.8. The lowest BCUT2D eigenvalue weighted by atomic mass is 9.89. The Balaban J connectivity index is 1.82. The van der Waals surface area contributed by atoms with Crippen LogP contribution in [0.25, 0.3) is 11.1 Å². The van der Waals surface area contributed by atoms with Crippen molar-refractivity contribution in [3.63, 3.8) is 0 Å². The van der Waals surface area contributed by atoms with E-state index in [0.29, 0.717) is 35.1 Å². The number of aliphatic carboxylic acids is 1. The first-order chi connectivity index (χ1) is 22.9. The van der Waals surface area contributed by atoms with Gasteiger partial charge in [0.25, 0.3) is 5.56 Å². The molecule has 0 radical (unpaired) electrons. The number of hydrogen-bond acceptors (Lipinski definition) is 5. The van der Waals surface area contributed by atoms with Gasteiger partial charge in [-0.25, -0.2) is 8.78 Å². The van der Waals surface area contributed by atoms with Crippen molar-refractivity contribution in [3.05, 3.63) is 85.8 Å². The van der Waals surface area contributed by atoms with Crippen molar-refractivity contribution in [2.75, 3.05) is 26.7 Å². The molecule has 13 heteroatoms. The number of carboxylic acid groups (broad SMARTS) is 1. The highest BCUT2D eigenvalue weighted by Crippen LogP contribution is 2.39. The number of rotatable bonds is 13. The van der Waals surface area contributed by atoms with Gasteiger partial charge in [0, 0.05) is 29.9 Å². The third-order valence-corrected chi connectivity index (χ3v) is 9.02. The van der Waals surface area contributed by atoms with Crippen LogP contribution >= 0.6 is 0 Å². The highest BCUT2D eigenvalue weighted by Gasteiger charge is 2.37. The molecule has 0 aliphatic carbocycles. The zero-order chi connectivity index (χ0) is 36.4. The van der Waals surface area contributed by atoms with Gasteiger partial charge in [-0.3, -0.25) is 14.4 Å². The number of methoxy groups -OCH3 is 1. The Morgan fingerprint density at radius 3 is 2.27 bits per heavy atom. The van der Waals surface area contributed by atoms with E-state index in [0.717, 1.165) is 30.3 Å². The van der Waals surface area contributed by atoms with Crippen LogP contribution in [0.1, 0.15) is 78.6 Å². The Morgan fingerprint density at radius 1 is 1.04 bits per heavy atom. The molecule has 2 heterocycles. The molecule has 1 aliphatic heterocycles. The summed E-state index contributed by atoms with van der Waals surface area (Å²) in [6, 6.07) is 2.02. The maximum Gasteiger partial charge on any atom is 0.416 e. The lowest BCUT2D eigenvalue weighted by Gasteiger charge is -2.31. The van der Waals surface area contributed by atoms with E-state index < -0.39 is 64.9 Å². The number of carbonyl (C=O) groups is 2. The van der Waals surface area contributed by atoms with E-state index in [-0.39, 0.29) is 35.4 Å². The van der Waals surface area contributed by atoms with Crippen LogP contribution in [0.4, 0.5) is 22.0 Å². The van der Waals surface area contributed by atoms with Gasteiger partial charge in [0.15, 0.2) is 0 Å². The van der Waals surface area contributed by atoms with Crippen molar-refractivity contribution in [1.82, 2.24) is 14.8 Å². The first kappa shape index (κ1) is 37.6. The van der Waals surface area contributed by atoms with E-state index in [9.17, 15) is 32.7 Å². The molecule has 8 nitrogen and oxygen atoms in total. The van der Waals surface area contributed by atoms with Crippen LogP contribution in [0.2, 0.25) is 0 Å². The number of benzene rings is 2. The van der Waals surface area contributed by atoms with Crippen molar-refractivity contribution in [1.29, 1.82) is 0 Å². The zero-order valence-corrected chi connectivity index (χ0v) is 28.4. The van der Waals surface area contributed by atoms with Gasteiger partial charge in [-0.05, 0) is 99.0 Å². The van der Waals surface area contributed by atoms with Crippen LogP contribution in [0.3, 0.4) is 0 Å². The number of pyridine rings is 1. The molecule has 2 aromatic carbocycles. The largest absolute Gasteiger partial charge is 0.496 e. The van der Waals surface area contributed by atoms with E-state index in [4.69, 9.17) is 4.74 Å². The molecule has 4 rings (SSSR count). The average Bonchev–Trinajstić information content (AvgIpc) is 2.97. The highest BCUT2D eigenvalue weighted by molar-refractivity contribution is 5.82. The minimum atomic E-state index is -4.82. The molecule has 1 saturated heterocycles. The van der Waals surface area contributed by atoms with E-state index >= 15 is 8.78 Å². The van der Waals surface area contributed by atoms with Crippen LogP contribution in [0, 0.1) is 38.3 Å². The molecule has 2 atom stereocenters. The number of carbonyl (C=O) groups excluding carboxylic acids is 1. The Kier molecular flexibility index (Phi) is 11.6. The molecule has 0 saturated carbocycles. The van der Waals surface area contributed by atoms with Crippen LogP contribution in [0.15, 0.2) is 35.3 Å². The standard InChI is InChI=1S/C36H42F5N3O5/c1-19(2)14-27(44-18-23(10-13-43-11-7-12-43)25(16-29(44)45)36(39,40)41)35(48)42-26(17-30(46)47)32-33(37)21(4)15-24(34(32)38)31-20(3)8-9-28(49-6)22(31)5/h8-9,15-16,18-19,26-27H,7,10-14,17H2,1-6H3,(H,42,48)(H,46,47)/t26-,27?/m0/s1. The van der Waals surface area contributed by atoms with Gasteiger partial charge in [0.05, 0.1) is 25.1 Å². The highest BCUT2D eigenvalue weighted by atomic mass is 19.4. The fraction of sp³-hybridized carbons (Fsp3) is 0.472. The first-order valence-electron chi connectivity index (χ1n) is 16.1. The van der Waals surface area contributed by atoms with Gasteiger partial charge in [-0.2, -0.15) is 13.2 Å². The third kappa shape index (κ3) is 8.31. The van der Waals surface area contributed by atoms with Gasteiger partial charge < -0.3 is 24.6 Å². The monoisotopic (exact) mass is 691 g/mol. The second kappa shape index (κ2) is 15.1. The maximum absolute atomic E-state index is 16.5. The summed E-state index contributed by atoms with van der Waals surface area (Å²) in [6.07, 6.45) is -3.84. The number of likely N-dealkylation sites (tertiary alicyclic amines) is 1. The van der Waals surface area contributed by atoms with E-state index in [1.807, 2.05) is 4.90 Å². The number of aromatic nitrogens is 1. The summed E-state index contributed by atoms with van der Waals surface area (Å²) in [5, 5.41) is 12.2. The third-order valence-electron chi connectivity index (χ3n) is 9.02. The number of alkyl halides is 3. The molecular formula is C36H42F5N3O5. The maximum atomic E-state index is 16.5. The number of hydrogen-bond donors (Lipinski definition) is 2. The number of aryl methyl sites for hydroxylation is 2. The number of halogens is 5. The molecule has 1 amide bonds. The molecule has 0 spiro atoms. The molecule has 1 fully saturated rings. The van der Waals surface area contributed by atoms with Gasteiger partial charge in [0.1, 0.15) is 23.4 Å². The van der Waals surface area contributed by atoms with Gasteiger partial charge in [-0.1, -0.05) is 19.9 Å². The summed E-state index contributed by atoms with van der Waals surface area (Å²) in [6.45, 7) is 10.1. The van der Waals surface area contributed by atoms with Crippen LogP contribution in [-0.2, 0) is 22.2 Å². The van der Waals surface area contributed by atoms with Gasteiger partial charge in [-0.15, -0.1) is 0 Å². The molecule has 0 bridgehead atoms. The summed E-state index contributed by atoms with van der Waals surface area (Å²) in [7, 11) is 1.45. The Hall–Kier alpha value is -4.26. The summed E-state index contributed by atoms with van der Waals surface area (Å²) in [5.74, 6) is -4.40. The number of amides is 1. The number of carboxylic acids is 1. The number of nitrogens with one attached hydrogen (secondary N) is 1. The Labute approximate surface area is 281 Å². The SMILES string of the molecule is COc1ccc(C)c(-c2cc(C)c(F)c([C@H](CC(=O)O)NC(=O)C(CC(C)C)n3cc(CCN4CCC4)c(C(F)(F)F)cc3=O)c2F)c1C. The zero-order valence-electron chi connectivity index (χ0n) is 28.4. The van der Waals surface area contributed by atoms with E-state index in [1.54, 1.807) is 39.8 Å². The molecule has 2 N–H and O–H groups in total. The summed E-state index contributed by atoms with van der Waals surface area (Å²) < 4.78 is 80.8. The van der Waals surface area contributed by atoms with Crippen LogP contribution in [0.5, 0.6) is 5.75 Å².